The van der Waals surface area contributed by atoms with Gasteiger partial charge in [0, 0.05) is 38.8 Å². The number of nitrogens with two attached hydrogens (primary N) is 1. The second-order valence-corrected chi connectivity index (χ2v) is 9.83. The number of anilines is 1. The van der Waals surface area contributed by atoms with E-state index < -0.39 is 0 Å². The van der Waals surface area contributed by atoms with Crippen molar-refractivity contribution in [2.75, 3.05) is 45.1 Å². The number of benzene rings is 1. The van der Waals surface area contributed by atoms with Gasteiger partial charge in [-0.05, 0) is 18.4 Å². The van der Waals surface area contributed by atoms with Crippen LogP contribution in [0.2, 0.25) is 0 Å². The molecule has 208 valence electrons. The summed E-state index contributed by atoms with van der Waals surface area (Å²) in [5.74, 6) is 7.83. The number of nitrogen functional groups attached to an aromatic ring is 1. The summed E-state index contributed by atoms with van der Waals surface area (Å²) in [6, 6.07) is 10.1. The van der Waals surface area contributed by atoms with Crippen LogP contribution in [0.25, 0.3) is 11.0 Å². The molecule has 2 aromatic heterocycles. The number of nitrogens with zero attached hydrogens (tertiary/aromatic N) is 5. The van der Waals surface area contributed by atoms with E-state index in [1.54, 1.807) is 4.90 Å². The molecule has 4 rings (SSSR count). The van der Waals surface area contributed by atoms with Crippen molar-refractivity contribution in [3.8, 4) is 11.8 Å². The van der Waals surface area contributed by atoms with E-state index in [0.717, 1.165) is 73.2 Å². The highest BCUT2D eigenvalue weighted by atomic mass is 16.6. The molecule has 3 heterocycles. The van der Waals surface area contributed by atoms with Crippen LogP contribution in [0.5, 0.6) is 0 Å². The number of fused-ring (bicyclic) bond motifs is 1. The van der Waals surface area contributed by atoms with Crippen molar-refractivity contribution in [3.05, 3.63) is 53.5 Å². The Kier molecular flexibility index (Phi) is 10.6. The molecule has 0 radical (unpaired) electrons. The van der Waals surface area contributed by atoms with Crippen LogP contribution in [-0.4, -0.2) is 69.8 Å². The predicted molar refractivity (Wildman–Crippen MR) is 153 cm³/mol. The highest BCUT2D eigenvalue weighted by Crippen LogP contribution is 2.24. The number of hydrogen-bond acceptors (Lipinski definition) is 7. The molecule has 1 amide bonds. The van der Waals surface area contributed by atoms with E-state index in [2.05, 4.69) is 35.6 Å². The van der Waals surface area contributed by atoms with Crippen molar-refractivity contribution < 1.29 is 14.3 Å². The average molecular weight is 533 g/mol. The van der Waals surface area contributed by atoms with Gasteiger partial charge < -0.3 is 24.7 Å². The summed E-state index contributed by atoms with van der Waals surface area (Å²) in [5, 5.41) is 0. The molecule has 1 saturated heterocycles. The number of carbonyl (C=O) groups excluding carboxylic acids is 1. The lowest BCUT2D eigenvalue weighted by Crippen LogP contribution is -2.48. The highest BCUT2D eigenvalue weighted by Gasteiger charge is 2.21. The Morgan fingerprint density at radius 3 is 2.56 bits per heavy atom. The van der Waals surface area contributed by atoms with E-state index in [9.17, 15) is 4.79 Å². The number of piperazine rings is 1. The minimum atomic E-state index is -0.215. The molecule has 39 heavy (non-hydrogen) atoms. The maximum absolute atomic E-state index is 12.2. The van der Waals surface area contributed by atoms with Crippen molar-refractivity contribution in [1.82, 2.24) is 24.3 Å². The lowest BCUT2D eigenvalue weighted by Gasteiger charge is -2.32. The normalized spacial score (nSPS) is 13.8. The Balaban J connectivity index is 1.43. The Bertz CT molecular complexity index is 1270. The molecule has 0 spiro atoms. The highest BCUT2D eigenvalue weighted by molar-refractivity contribution is 5.90. The van der Waals surface area contributed by atoms with E-state index >= 15 is 0 Å². The lowest BCUT2D eigenvalue weighted by molar-refractivity contribution is 0.0668. The SMILES string of the molecule is CCCCOC(=O)N1CCN(CC#Cc2cn(COCc3ccccc3)c3c(N)nc(CCCC)nc23)CC1. The molecule has 1 aromatic carbocycles. The fraction of sp³-hybridized carbons (Fsp3) is 0.500. The zero-order valence-corrected chi connectivity index (χ0v) is 23.2. The average Bonchev–Trinajstić information content (AvgIpc) is 3.30. The van der Waals surface area contributed by atoms with E-state index in [4.69, 9.17) is 20.2 Å². The van der Waals surface area contributed by atoms with Crippen molar-refractivity contribution in [3.63, 3.8) is 0 Å². The van der Waals surface area contributed by atoms with E-state index in [-0.39, 0.29) is 6.09 Å². The fourth-order valence-electron chi connectivity index (χ4n) is 4.48. The third-order valence-corrected chi connectivity index (χ3v) is 6.76. The van der Waals surface area contributed by atoms with E-state index in [0.29, 0.717) is 45.4 Å². The molecule has 1 aliphatic heterocycles. The Morgan fingerprint density at radius 1 is 1.05 bits per heavy atom. The molecular weight excluding hydrogens is 492 g/mol. The van der Waals surface area contributed by atoms with Crippen LogP contribution in [0, 0.1) is 11.8 Å². The molecule has 1 fully saturated rings. The maximum atomic E-state index is 12.2. The summed E-state index contributed by atoms with van der Waals surface area (Å²) < 4.78 is 13.3. The monoisotopic (exact) mass is 532 g/mol. The molecule has 0 saturated carbocycles. The molecule has 2 N–H and O–H groups in total. The van der Waals surface area contributed by atoms with Gasteiger partial charge in [-0.1, -0.05) is 68.9 Å². The van der Waals surface area contributed by atoms with Gasteiger partial charge >= 0.3 is 6.09 Å². The minimum Gasteiger partial charge on any atom is -0.449 e. The summed E-state index contributed by atoms with van der Waals surface area (Å²) >= 11 is 0. The number of carbonyl (C=O) groups is 1. The van der Waals surface area contributed by atoms with E-state index in [1.165, 1.54) is 0 Å². The molecular formula is C30H40N6O3. The number of hydrogen-bond donors (Lipinski definition) is 1. The Morgan fingerprint density at radius 2 is 1.82 bits per heavy atom. The molecule has 0 bridgehead atoms. The topological polar surface area (TPSA) is 98.7 Å². The van der Waals surface area contributed by atoms with Crippen LogP contribution in [-0.2, 0) is 29.2 Å². The molecule has 1 aliphatic rings. The van der Waals surface area contributed by atoms with Crippen molar-refractivity contribution in [2.45, 2.75) is 59.3 Å². The third kappa shape index (κ3) is 7.94. The van der Waals surface area contributed by atoms with Gasteiger partial charge in [0.05, 0.1) is 25.3 Å². The molecule has 0 aliphatic carbocycles. The zero-order chi connectivity index (χ0) is 27.5. The summed E-state index contributed by atoms with van der Waals surface area (Å²) in [6.45, 7) is 8.98. The van der Waals surface area contributed by atoms with Gasteiger partial charge in [-0.15, -0.1) is 0 Å². The summed E-state index contributed by atoms with van der Waals surface area (Å²) in [6.07, 6.45) is 6.50. The van der Waals surface area contributed by atoms with Gasteiger partial charge in [0.2, 0.25) is 0 Å². The first-order chi connectivity index (χ1) is 19.1. The number of rotatable bonds is 11. The second-order valence-electron chi connectivity index (χ2n) is 9.83. The fourth-order valence-corrected chi connectivity index (χ4v) is 4.48. The van der Waals surface area contributed by atoms with Gasteiger partial charge in [-0.25, -0.2) is 14.8 Å². The molecule has 9 heteroatoms. The Labute approximate surface area is 231 Å². The van der Waals surface area contributed by atoms with Gasteiger partial charge in [-0.2, -0.15) is 0 Å². The van der Waals surface area contributed by atoms with Crippen LogP contribution in [0.15, 0.2) is 36.5 Å². The van der Waals surface area contributed by atoms with Crippen molar-refractivity contribution >= 4 is 22.9 Å². The van der Waals surface area contributed by atoms with E-state index in [1.807, 2.05) is 41.1 Å². The largest absolute Gasteiger partial charge is 0.449 e. The van der Waals surface area contributed by atoms with Crippen LogP contribution in [0.3, 0.4) is 0 Å². The predicted octanol–water partition coefficient (Wildman–Crippen LogP) is 4.44. The third-order valence-electron chi connectivity index (χ3n) is 6.76. The Hall–Kier alpha value is -3.61. The first kappa shape index (κ1) is 28.4. The summed E-state index contributed by atoms with van der Waals surface area (Å²) in [5.41, 5.74) is 9.86. The second kappa shape index (κ2) is 14.5. The first-order valence-electron chi connectivity index (χ1n) is 14.0. The number of amides is 1. The number of aromatic nitrogens is 3. The quantitative estimate of drug-likeness (QED) is 0.288. The van der Waals surface area contributed by atoms with Gasteiger partial charge in [0.1, 0.15) is 23.6 Å². The molecule has 9 nitrogen and oxygen atoms in total. The standard InChI is InChI=1S/C30H40N6O3/c1-3-5-14-26-32-27-25(13-10-15-34-16-18-35(19-17-34)30(37)39-20-6-4-2)21-36(28(27)29(31)33-26)23-38-22-24-11-8-7-9-12-24/h7-9,11-12,21H,3-6,14-20,22-23H2,1-2H3,(H2,31,32,33). The minimum absolute atomic E-state index is 0.215. The smallest absolute Gasteiger partial charge is 0.409 e. The number of ether oxygens (including phenoxy) is 2. The lowest BCUT2D eigenvalue weighted by atomic mass is 10.2. The first-order valence-corrected chi connectivity index (χ1v) is 14.0. The summed E-state index contributed by atoms with van der Waals surface area (Å²) in [7, 11) is 0. The zero-order valence-electron chi connectivity index (χ0n) is 23.2. The van der Waals surface area contributed by atoms with Gasteiger partial charge in [0.25, 0.3) is 0 Å². The van der Waals surface area contributed by atoms with Crippen LogP contribution in [0.1, 0.15) is 56.5 Å². The summed E-state index contributed by atoms with van der Waals surface area (Å²) in [4.78, 5) is 25.6. The van der Waals surface area contributed by atoms with Crippen LogP contribution >= 0.6 is 0 Å². The molecule has 0 unspecified atom stereocenters. The number of aryl methyl sites for hydroxylation is 1. The maximum Gasteiger partial charge on any atom is 0.409 e. The van der Waals surface area contributed by atoms with Gasteiger partial charge in [0.15, 0.2) is 5.82 Å². The van der Waals surface area contributed by atoms with Crippen LogP contribution in [0.4, 0.5) is 10.6 Å². The molecule has 3 aromatic rings. The molecule has 0 atom stereocenters. The van der Waals surface area contributed by atoms with Gasteiger partial charge in [-0.3, -0.25) is 4.90 Å². The van der Waals surface area contributed by atoms with Crippen molar-refractivity contribution in [1.29, 1.82) is 0 Å². The van der Waals surface area contributed by atoms with Crippen molar-refractivity contribution in [2.24, 2.45) is 0 Å². The number of unbranched alkanes of at least 4 members (excludes halogenated alkanes) is 2. The van der Waals surface area contributed by atoms with Crippen LogP contribution < -0.4 is 5.73 Å².